The molecular weight excluding hydrogens is 262 g/mol. The Hall–Kier alpha value is -1.28. The number of halogens is 1. The Bertz CT molecular complexity index is 486. The average Bonchev–Trinajstić information content (AvgIpc) is 2.20. The third kappa shape index (κ3) is 2.64. The van der Waals surface area contributed by atoms with Crippen molar-refractivity contribution in [3.63, 3.8) is 0 Å². The maximum absolute atomic E-state index is 3.53. The number of anilines is 2. The SMILES string of the molecule is Cc1cc(C)cc(Nc2ccccc2Br)c1. The van der Waals surface area contributed by atoms with E-state index in [1.165, 1.54) is 11.1 Å². The molecule has 1 nitrogen and oxygen atoms in total. The van der Waals surface area contributed by atoms with Gasteiger partial charge in [0.25, 0.3) is 0 Å². The van der Waals surface area contributed by atoms with E-state index in [1.807, 2.05) is 18.2 Å². The number of rotatable bonds is 2. The van der Waals surface area contributed by atoms with Crippen molar-refractivity contribution < 1.29 is 0 Å². The van der Waals surface area contributed by atoms with Crippen LogP contribution < -0.4 is 5.32 Å². The summed E-state index contributed by atoms with van der Waals surface area (Å²) >= 11 is 3.53. The molecular formula is C14H14BrN. The maximum atomic E-state index is 3.53. The number of benzene rings is 2. The lowest BCUT2D eigenvalue weighted by Gasteiger charge is -2.10. The van der Waals surface area contributed by atoms with Crippen LogP contribution in [0.1, 0.15) is 11.1 Å². The van der Waals surface area contributed by atoms with Crippen molar-refractivity contribution in [2.45, 2.75) is 13.8 Å². The molecule has 0 saturated heterocycles. The van der Waals surface area contributed by atoms with E-state index < -0.39 is 0 Å². The Kier molecular flexibility index (Phi) is 3.30. The van der Waals surface area contributed by atoms with Crippen LogP contribution in [0.5, 0.6) is 0 Å². The number of aryl methyl sites for hydroxylation is 2. The summed E-state index contributed by atoms with van der Waals surface area (Å²) in [5, 5.41) is 3.41. The summed E-state index contributed by atoms with van der Waals surface area (Å²) in [5.41, 5.74) is 4.76. The van der Waals surface area contributed by atoms with Crippen LogP contribution in [0.25, 0.3) is 0 Å². The molecule has 0 bridgehead atoms. The van der Waals surface area contributed by atoms with Gasteiger partial charge in [-0.2, -0.15) is 0 Å². The van der Waals surface area contributed by atoms with E-state index in [4.69, 9.17) is 0 Å². The zero-order valence-corrected chi connectivity index (χ0v) is 11.0. The minimum atomic E-state index is 1.08. The summed E-state index contributed by atoms with van der Waals surface area (Å²) in [7, 11) is 0. The zero-order chi connectivity index (χ0) is 11.5. The summed E-state index contributed by atoms with van der Waals surface area (Å²) in [5.74, 6) is 0. The van der Waals surface area contributed by atoms with E-state index in [9.17, 15) is 0 Å². The molecule has 2 aromatic carbocycles. The van der Waals surface area contributed by atoms with E-state index in [2.05, 4.69) is 59.4 Å². The quantitative estimate of drug-likeness (QED) is 0.830. The standard InChI is InChI=1S/C14H14BrN/c1-10-7-11(2)9-12(8-10)16-14-6-4-3-5-13(14)15/h3-9,16H,1-2H3. The van der Waals surface area contributed by atoms with E-state index in [0.717, 1.165) is 15.8 Å². The lowest BCUT2D eigenvalue weighted by molar-refractivity contribution is 1.37. The summed E-state index contributed by atoms with van der Waals surface area (Å²) in [4.78, 5) is 0. The highest BCUT2D eigenvalue weighted by atomic mass is 79.9. The van der Waals surface area contributed by atoms with E-state index in [-0.39, 0.29) is 0 Å². The fraction of sp³-hybridized carbons (Fsp3) is 0.143. The molecule has 0 heterocycles. The van der Waals surface area contributed by atoms with Gasteiger partial charge in [0.1, 0.15) is 0 Å². The molecule has 0 aliphatic carbocycles. The Morgan fingerprint density at radius 3 is 2.19 bits per heavy atom. The molecule has 2 aromatic rings. The molecule has 0 atom stereocenters. The molecule has 0 aliphatic rings. The van der Waals surface area contributed by atoms with Gasteiger partial charge in [0.15, 0.2) is 0 Å². The van der Waals surface area contributed by atoms with Crippen LogP contribution in [0, 0.1) is 13.8 Å². The van der Waals surface area contributed by atoms with Crippen LogP contribution in [0.2, 0.25) is 0 Å². The van der Waals surface area contributed by atoms with Gasteiger partial charge in [-0.25, -0.2) is 0 Å². The Balaban J connectivity index is 2.30. The molecule has 0 fully saturated rings. The van der Waals surface area contributed by atoms with Crippen LogP contribution in [-0.2, 0) is 0 Å². The Labute approximate surface area is 105 Å². The Morgan fingerprint density at radius 2 is 1.56 bits per heavy atom. The fourth-order valence-corrected chi connectivity index (χ4v) is 2.15. The molecule has 1 N–H and O–H groups in total. The monoisotopic (exact) mass is 275 g/mol. The lowest BCUT2D eigenvalue weighted by atomic mass is 10.1. The van der Waals surface area contributed by atoms with Gasteiger partial charge >= 0.3 is 0 Å². The molecule has 0 amide bonds. The average molecular weight is 276 g/mol. The number of hydrogen-bond acceptors (Lipinski definition) is 1. The van der Waals surface area contributed by atoms with Gasteiger partial charge < -0.3 is 5.32 Å². The van der Waals surface area contributed by atoms with Gasteiger partial charge in [-0.05, 0) is 65.2 Å². The normalized spacial score (nSPS) is 10.2. The summed E-state index contributed by atoms with van der Waals surface area (Å²) in [6.07, 6.45) is 0. The van der Waals surface area contributed by atoms with Gasteiger partial charge in [0, 0.05) is 10.2 Å². The van der Waals surface area contributed by atoms with Crippen LogP contribution in [0.3, 0.4) is 0 Å². The van der Waals surface area contributed by atoms with Crippen LogP contribution >= 0.6 is 15.9 Å². The third-order valence-corrected chi connectivity index (χ3v) is 3.07. The predicted octanol–water partition coefficient (Wildman–Crippen LogP) is 4.81. The van der Waals surface area contributed by atoms with Gasteiger partial charge in [-0.1, -0.05) is 18.2 Å². The maximum Gasteiger partial charge on any atom is 0.0528 e. The molecule has 2 rings (SSSR count). The Morgan fingerprint density at radius 1 is 0.938 bits per heavy atom. The highest BCUT2D eigenvalue weighted by Gasteiger charge is 2.00. The van der Waals surface area contributed by atoms with Crippen LogP contribution in [-0.4, -0.2) is 0 Å². The largest absolute Gasteiger partial charge is 0.355 e. The molecule has 0 radical (unpaired) electrons. The van der Waals surface area contributed by atoms with Crippen molar-refractivity contribution in [3.8, 4) is 0 Å². The van der Waals surface area contributed by atoms with Gasteiger partial charge in [-0.15, -0.1) is 0 Å². The summed E-state index contributed by atoms with van der Waals surface area (Å²) in [6, 6.07) is 14.6. The van der Waals surface area contributed by atoms with Crippen molar-refractivity contribution in [3.05, 3.63) is 58.1 Å². The minimum Gasteiger partial charge on any atom is -0.355 e. The first-order chi connectivity index (χ1) is 7.65. The van der Waals surface area contributed by atoms with E-state index in [1.54, 1.807) is 0 Å². The topological polar surface area (TPSA) is 12.0 Å². The third-order valence-electron chi connectivity index (χ3n) is 2.37. The summed E-state index contributed by atoms with van der Waals surface area (Å²) < 4.78 is 1.08. The van der Waals surface area contributed by atoms with Crippen molar-refractivity contribution in [2.24, 2.45) is 0 Å². The first kappa shape index (κ1) is 11.2. The fourth-order valence-electron chi connectivity index (χ4n) is 1.76. The molecule has 0 unspecified atom stereocenters. The number of para-hydroxylation sites is 1. The first-order valence-electron chi connectivity index (χ1n) is 5.25. The van der Waals surface area contributed by atoms with Crippen LogP contribution in [0.4, 0.5) is 11.4 Å². The molecule has 0 aromatic heterocycles. The number of hydrogen-bond donors (Lipinski definition) is 1. The first-order valence-corrected chi connectivity index (χ1v) is 6.04. The van der Waals surface area contributed by atoms with Crippen molar-refractivity contribution >= 4 is 27.3 Å². The highest BCUT2D eigenvalue weighted by Crippen LogP contribution is 2.26. The van der Waals surface area contributed by atoms with E-state index >= 15 is 0 Å². The van der Waals surface area contributed by atoms with Gasteiger partial charge in [0.2, 0.25) is 0 Å². The second-order valence-corrected chi connectivity index (χ2v) is 4.84. The predicted molar refractivity (Wildman–Crippen MR) is 73.3 cm³/mol. The van der Waals surface area contributed by atoms with Crippen molar-refractivity contribution in [1.82, 2.24) is 0 Å². The van der Waals surface area contributed by atoms with Gasteiger partial charge in [-0.3, -0.25) is 0 Å². The highest BCUT2D eigenvalue weighted by molar-refractivity contribution is 9.10. The molecule has 0 aliphatic heterocycles. The zero-order valence-electron chi connectivity index (χ0n) is 9.42. The molecule has 2 heteroatoms. The smallest absolute Gasteiger partial charge is 0.0528 e. The second-order valence-electron chi connectivity index (χ2n) is 3.98. The minimum absolute atomic E-state index is 1.08. The van der Waals surface area contributed by atoms with Crippen molar-refractivity contribution in [2.75, 3.05) is 5.32 Å². The second kappa shape index (κ2) is 4.71. The molecule has 16 heavy (non-hydrogen) atoms. The lowest BCUT2D eigenvalue weighted by Crippen LogP contribution is -1.92. The number of nitrogens with one attached hydrogen (secondary N) is 1. The molecule has 82 valence electrons. The van der Waals surface area contributed by atoms with Gasteiger partial charge in [0.05, 0.1) is 5.69 Å². The molecule has 0 spiro atoms. The molecule has 0 saturated carbocycles. The summed E-state index contributed by atoms with van der Waals surface area (Å²) in [6.45, 7) is 4.22. The van der Waals surface area contributed by atoms with Crippen LogP contribution in [0.15, 0.2) is 46.9 Å². The van der Waals surface area contributed by atoms with Crippen molar-refractivity contribution in [1.29, 1.82) is 0 Å². The van der Waals surface area contributed by atoms with E-state index in [0.29, 0.717) is 0 Å².